The summed E-state index contributed by atoms with van der Waals surface area (Å²) in [6.07, 6.45) is 3.22. The highest BCUT2D eigenvalue weighted by Gasteiger charge is 1.84. The molecule has 1 atom stereocenters. The van der Waals surface area contributed by atoms with Gasteiger partial charge in [0.05, 0.1) is 12.2 Å². The zero-order chi connectivity index (χ0) is 6.41. The molecule has 42 valence electrons. The van der Waals surface area contributed by atoms with Crippen LogP contribution in [0.5, 0.6) is 0 Å². The number of allylic oxidation sites excluding steroid dienone is 1. The number of nitrogens with zero attached hydrogens (tertiary/aromatic N) is 1. The second-order valence-corrected chi connectivity index (χ2v) is 1.21. The summed E-state index contributed by atoms with van der Waals surface area (Å²) in [4.78, 5) is 0. The molecule has 0 saturated carbocycles. The number of hydrogen-bond acceptors (Lipinski definition) is 2. The lowest BCUT2D eigenvalue weighted by Crippen LogP contribution is -1.93. The predicted octanol–water partition coefficient (Wildman–Crippen LogP) is 0.613. The Bertz CT molecular complexity index is 132. The highest BCUT2D eigenvalue weighted by molar-refractivity contribution is 5.07. The highest BCUT2D eigenvalue weighted by atomic mass is 16.3. The van der Waals surface area contributed by atoms with Crippen LogP contribution < -0.4 is 0 Å². The van der Waals surface area contributed by atoms with Crippen LogP contribution in [0.4, 0.5) is 0 Å². The molecule has 1 N–H and O–H groups in total. The maximum Gasteiger partial charge on any atom is 0.0909 e. The monoisotopic (exact) mass is 109 g/mol. The minimum absolute atomic E-state index is 0.686. The molecule has 0 rings (SSSR count). The molecule has 0 radical (unpaired) electrons. The number of aliphatic hydroxyl groups is 1. The molecule has 0 aromatic rings. The van der Waals surface area contributed by atoms with Gasteiger partial charge in [0.25, 0.3) is 0 Å². The van der Waals surface area contributed by atoms with E-state index in [4.69, 9.17) is 10.4 Å². The molecule has 0 aliphatic rings. The Morgan fingerprint density at radius 1 is 1.75 bits per heavy atom. The lowest BCUT2D eigenvalue weighted by atomic mass is 10.3. The molecule has 0 fully saturated rings. The third kappa shape index (κ3) is 3.13. The second kappa shape index (κ2) is 4.10. The Morgan fingerprint density at radius 2 is 2.38 bits per heavy atom. The van der Waals surface area contributed by atoms with Crippen molar-refractivity contribution in [3.05, 3.63) is 24.8 Å². The van der Waals surface area contributed by atoms with Gasteiger partial charge in [0.2, 0.25) is 0 Å². The van der Waals surface area contributed by atoms with Crippen LogP contribution in [0.15, 0.2) is 24.8 Å². The molecule has 0 spiro atoms. The van der Waals surface area contributed by atoms with Gasteiger partial charge < -0.3 is 5.11 Å². The van der Waals surface area contributed by atoms with E-state index in [2.05, 4.69) is 6.58 Å². The molecule has 0 bridgehead atoms. The zero-order valence-electron chi connectivity index (χ0n) is 4.41. The number of nitriles is 1. The first-order valence-electron chi connectivity index (χ1n) is 2.18. The first-order valence-corrected chi connectivity index (χ1v) is 2.18. The van der Waals surface area contributed by atoms with Crippen molar-refractivity contribution >= 4 is 0 Å². The van der Waals surface area contributed by atoms with Crippen molar-refractivity contribution in [2.24, 2.45) is 0 Å². The van der Waals surface area contributed by atoms with Crippen molar-refractivity contribution in [3.8, 4) is 6.07 Å². The van der Waals surface area contributed by atoms with Crippen molar-refractivity contribution in [2.45, 2.75) is 6.10 Å². The molecule has 0 aliphatic carbocycles. The summed E-state index contributed by atoms with van der Waals surface area (Å²) in [5.41, 5.74) is 0. The number of aliphatic hydroxyl groups excluding tert-OH is 1. The number of rotatable bonds is 2. The molecular weight excluding hydrogens is 102 g/mol. The van der Waals surface area contributed by atoms with Gasteiger partial charge in [0.15, 0.2) is 0 Å². The van der Waals surface area contributed by atoms with E-state index in [0.29, 0.717) is 0 Å². The molecule has 0 heterocycles. The van der Waals surface area contributed by atoms with Gasteiger partial charge in [-0.15, -0.1) is 6.58 Å². The van der Waals surface area contributed by atoms with Gasteiger partial charge in [0, 0.05) is 6.08 Å². The summed E-state index contributed by atoms with van der Waals surface area (Å²) in [6.45, 7) is 3.30. The first-order chi connectivity index (χ1) is 3.81. The van der Waals surface area contributed by atoms with E-state index >= 15 is 0 Å². The van der Waals surface area contributed by atoms with Crippen LogP contribution in [0.3, 0.4) is 0 Å². The van der Waals surface area contributed by atoms with E-state index in [0.717, 1.165) is 0 Å². The van der Waals surface area contributed by atoms with Crippen LogP contribution in [-0.4, -0.2) is 11.2 Å². The smallest absolute Gasteiger partial charge is 0.0909 e. The minimum Gasteiger partial charge on any atom is -0.385 e. The Morgan fingerprint density at radius 3 is 2.75 bits per heavy atom. The van der Waals surface area contributed by atoms with E-state index in [-0.39, 0.29) is 0 Å². The van der Waals surface area contributed by atoms with Crippen molar-refractivity contribution in [2.75, 3.05) is 0 Å². The predicted molar refractivity (Wildman–Crippen MR) is 31.0 cm³/mol. The van der Waals surface area contributed by atoms with Gasteiger partial charge >= 0.3 is 0 Å². The molecule has 1 unspecified atom stereocenters. The van der Waals surface area contributed by atoms with Gasteiger partial charge in [-0.3, -0.25) is 0 Å². The van der Waals surface area contributed by atoms with Crippen LogP contribution in [0.2, 0.25) is 0 Å². The van der Waals surface area contributed by atoms with Crippen molar-refractivity contribution in [1.82, 2.24) is 0 Å². The van der Waals surface area contributed by atoms with Crippen LogP contribution in [-0.2, 0) is 0 Å². The van der Waals surface area contributed by atoms with Crippen LogP contribution in [0, 0.1) is 11.3 Å². The quantitative estimate of drug-likeness (QED) is 0.417. The third-order valence-electron chi connectivity index (χ3n) is 0.609. The summed E-state index contributed by atoms with van der Waals surface area (Å²) in [5.74, 6) is 0. The fourth-order valence-corrected chi connectivity index (χ4v) is 0.220. The first kappa shape index (κ1) is 6.93. The lowest BCUT2D eigenvalue weighted by molar-refractivity contribution is 0.272. The van der Waals surface area contributed by atoms with Gasteiger partial charge in [-0.2, -0.15) is 5.26 Å². The van der Waals surface area contributed by atoms with Crippen molar-refractivity contribution in [1.29, 1.82) is 5.26 Å². The minimum atomic E-state index is -0.686. The lowest BCUT2D eigenvalue weighted by Gasteiger charge is -1.89. The zero-order valence-corrected chi connectivity index (χ0v) is 4.41. The van der Waals surface area contributed by atoms with Crippen molar-refractivity contribution < 1.29 is 5.11 Å². The Hall–Kier alpha value is -1.07. The van der Waals surface area contributed by atoms with Crippen LogP contribution in [0.25, 0.3) is 0 Å². The standard InChI is InChI=1S/C6H7NO/c1-2-6(8)4-3-5-7/h2-4,6,8H,1H2. The van der Waals surface area contributed by atoms with E-state index in [9.17, 15) is 0 Å². The molecule has 0 aromatic carbocycles. The molecule has 0 aliphatic heterocycles. The Labute approximate surface area is 48.4 Å². The Kier molecular flexibility index (Phi) is 3.55. The third-order valence-corrected chi connectivity index (χ3v) is 0.609. The average molecular weight is 109 g/mol. The average Bonchev–Trinajstić information content (AvgIpc) is 1.83. The summed E-state index contributed by atoms with van der Waals surface area (Å²) >= 11 is 0. The fourth-order valence-electron chi connectivity index (χ4n) is 0.220. The maximum atomic E-state index is 8.63. The van der Waals surface area contributed by atoms with E-state index in [1.165, 1.54) is 18.2 Å². The molecule has 0 aromatic heterocycles. The normalized spacial score (nSPS) is 13.0. The van der Waals surface area contributed by atoms with Crippen LogP contribution in [0.1, 0.15) is 0 Å². The van der Waals surface area contributed by atoms with E-state index in [1.807, 2.05) is 0 Å². The molecule has 2 nitrogen and oxygen atoms in total. The summed E-state index contributed by atoms with van der Waals surface area (Å²) in [5, 5.41) is 16.6. The second-order valence-electron chi connectivity index (χ2n) is 1.21. The maximum absolute atomic E-state index is 8.63. The fraction of sp³-hybridized carbons (Fsp3) is 0.167. The van der Waals surface area contributed by atoms with Gasteiger partial charge in [-0.1, -0.05) is 6.08 Å². The molecule has 8 heavy (non-hydrogen) atoms. The summed E-state index contributed by atoms with van der Waals surface area (Å²) in [7, 11) is 0. The molecule has 2 heteroatoms. The summed E-state index contributed by atoms with van der Waals surface area (Å²) in [6, 6.07) is 1.74. The largest absolute Gasteiger partial charge is 0.385 e. The Balaban J connectivity index is 3.56. The SMILES string of the molecule is C=CC(O)C=CC#N. The topological polar surface area (TPSA) is 44.0 Å². The molecule has 0 saturated heterocycles. The highest BCUT2D eigenvalue weighted by Crippen LogP contribution is 1.83. The van der Waals surface area contributed by atoms with Gasteiger partial charge in [0.1, 0.15) is 0 Å². The van der Waals surface area contributed by atoms with Crippen molar-refractivity contribution in [3.63, 3.8) is 0 Å². The van der Waals surface area contributed by atoms with E-state index < -0.39 is 6.10 Å². The van der Waals surface area contributed by atoms with E-state index in [1.54, 1.807) is 6.07 Å². The molecule has 0 amide bonds. The summed E-state index contributed by atoms with van der Waals surface area (Å²) < 4.78 is 0. The van der Waals surface area contributed by atoms with Gasteiger partial charge in [-0.05, 0) is 6.08 Å². The molecular formula is C6H7NO. The van der Waals surface area contributed by atoms with Crippen LogP contribution >= 0.6 is 0 Å². The number of hydrogen-bond donors (Lipinski definition) is 1. The van der Waals surface area contributed by atoms with Gasteiger partial charge in [-0.25, -0.2) is 0 Å².